The number of nitrogens with one attached hydrogen (secondary N) is 1. The summed E-state index contributed by atoms with van der Waals surface area (Å²) >= 11 is 3.34. The lowest BCUT2D eigenvalue weighted by atomic mass is 10.2. The number of amides is 1. The molecule has 3 aromatic rings. The van der Waals surface area contributed by atoms with Gasteiger partial charge in [-0.25, -0.2) is 4.98 Å². The number of halogens is 1. The zero-order valence-corrected chi connectivity index (χ0v) is 13.5. The monoisotopic (exact) mass is 369 g/mol. The van der Waals surface area contributed by atoms with Crippen LogP contribution in [0.1, 0.15) is 10.4 Å². The molecule has 1 heterocycles. The van der Waals surface area contributed by atoms with E-state index in [9.17, 15) is 4.79 Å². The Balaban J connectivity index is 1.72. The maximum absolute atomic E-state index is 12.2. The molecule has 0 bridgehead atoms. The SMILES string of the molecule is O=C(Nc1cccc(Oc2cnccn2)c1)c1ccc(Br)cc1. The molecular weight excluding hydrogens is 358 g/mol. The van der Waals surface area contributed by atoms with Crippen molar-refractivity contribution in [2.24, 2.45) is 0 Å². The van der Waals surface area contributed by atoms with E-state index in [1.807, 2.05) is 12.1 Å². The Kier molecular flexibility index (Phi) is 4.63. The number of benzene rings is 2. The molecule has 0 saturated heterocycles. The van der Waals surface area contributed by atoms with Gasteiger partial charge in [-0.15, -0.1) is 0 Å². The van der Waals surface area contributed by atoms with Gasteiger partial charge in [-0.05, 0) is 36.4 Å². The first-order chi connectivity index (χ1) is 11.2. The predicted octanol–water partition coefficient (Wildman–Crippen LogP) is 4.28. The number of rotatable bonds is 4. The minimum atomic E-state index is -0.186. The normalized spacial score (nSPS) is 10.1. The Bertz CT molecular complexity index is 808. The molecule has 5 nitrogen and oxygen atoms in total. The highest BCUT2D eigenvalue weighted by atomic mass is 79.9. The topological polar surface area (TPSA) is 64.1 Å². The number of hydrogen-bond donors (Lipinski definition) is 1. The summed E-state index contributed by atoms with van der Waals surface area (Å²) < 4.78 is 6.52. The van der Waals surface area contributed by atoms with Gasteiger partial charge in [0.15, 0.2) is 0 Å². The molecule has 0 aliphatic carbocycles. The zero-order chi connectivity index (χ0) is 16.1. The third-order valence-corrected chi connectivity index (χ3v) is 3.49. The number of carbonyl (C=O) groups excluding carboxylic acids is 1. The largest absolute Gasteiger partial charge is 0.437 e. The van der Waals surface area contributed by atoms with Gasteiger partial charge in [0, 0.05) is 34.2 Å². The number of carbonyl (C=O) groups is 1. The number of aromatic nitrogens is 2. The summed E-state index contributed by atoms with van der Waals surface area (Å²) in [5.74, 6) is 0.775. The Morgan fingerprint density at radius 1 is 1.09 bits per heavy atom. The second-order valence-corrected chi connectivity index (χ2v) is 5.55. The third kappa shape index (κ3) is 4.14. The highest BCUT2D eigenvalue weighted by Crippen LogP contribution is 2.22. The highest BCUT2D eigenvalue weighted by molar-refractivity contribution is 9.10. The molecule has 1 amide bonds. The van der Waals surface area contributed by atoms with Gasteiger partial charge in [-0.3, -0.25) is 9.78 Å². The quantitative estimate of drug-likeness (QED) is 0.745. The van der Waals surface area contributed by atoms with Crippen molar-refractivity contribution in [2.75, 3.05) is 5.32 Å². The number of ether oxygens (including phenoxy) is 1. The van der Waals surface area contributed by atoms with Gasteiger partial charge < -0.3 is 10.1 Å². The van der Waals surface area contributed by atoms with Crippen molar-refractivity contribution in [1.29, 1.82) is 0 Å². The molecule has 2 aromatic carbocycles. The average molecular weight is 370 g/mol. The summed E-state index contributed by atoms with van der Waals surface area (Å²) in [7, 11) is 0. The van der Waals surface area contributed by atoms with E-state index < -0.39 is 0 Å². The van der Waals surface area contributed by atoms with Crippen molar-refractivity contribution >= 4 is 27.5 Å². The molecule has 0 spiro atoms. The molecular formula is C17H12BrN3O2. The molecule has 1 aromatic heterocycles. The molecule has 23 heavy (non-hydrogen) atoms. The molecule has 0 unspecified atom stereocenters. The molecule has 0 aliphatic heterocycles. The maximum atomic E-state index is 12.2. The van der Waals surface area contributed by atoms with E-state index in [-0.39, 0.29) is 5.91 Å². The molecule has 0 radical (unpaired) electrons. The van der Waals surface area contributed by atoms with E-state index in [0.29, 0.717) is 22.9 Å². The van der Waals surface area contributed by atoms with E-state index in [1.54, 1.807) is 48.8 Å². The van der Waals surface area contributed by atoms with Crippen LogP contribution in [-0.4, -0.2) is 15.9 Å². The molecule has 0 fully saturated rings. The number of nitrogens with zero attached hydrogens (tertiary/aromatic N) is 2. The van der Waals surface area contributed by atoms with Crippen molar-refractivity contribution in [3.8, 4) is 11.6 Å². The van der Waals surface area contributed by atoms with Crippen LogP contribution in [0.15, 0.2) is 71.6 Å². The van der Waals surface area contributed by atoms with E-state index in [2.05, 4.69) is 31.2 Å². The minimum Gasteiger partial charge on any atom is -0.437 e. The first-order valence-electron chi connectivity index (χ1n) is 6.81. The van der Waals surface area contributed by atoms with Crippen LogP contribution in [0.4, 0.5) is 5.69 Å². The van der Waals surface area contributed by atoms with Crippen LogP contribution >= 0.6 is 15.9 Å². The second-order valence-electron chi connectivity index (χ2n) is 4.63. The van der Waals surface area contributed by atoms with Crippen LogP contribution in [0.5, 0.6) is 11.6 Å². The first kappa shape index (κ1) is 15.2. The van der Waals surface area contributed by atoms with Gasteiger partial charge in [0.05, 0.1) is 6.20 Å². The maximum Gasteiger partial charge on any atom is 0.255 e. The molecule has 114 valence electrons. The lowest BCUT2D eigenvalue weighted by Gasteiger charge is -2.08. The van der Waals surface area contributed by atoms with Gasteiger partial charge in [0.2, 0.25) is 5.88 Å². The molecule has 0 atom stereocenters. The summed E-state index contributed by atoms with van der Waals surface area (Å²) in [4.78, 5) is 20.2. The number of hydrogen-bond acceptors (Lipinski definition) is 4. The second kappa shape index (κ2) is 7.02. The fourth-order valence-corrected chi connectivity index (χ4v) is 2.17. The van der Waals surface area contributed by atoms with Crippen molar-refractivity contribution in [2.45, 2.75) is 0 Å². The highest BCUT2D eigenvalue weighted by Gasteiger charge is 2.07. The van der Waals surface area contributed by atoms with E-state index in [4.69, 9.17) is 4.74 Å². The van der Waals surface area contributed by atoms with Crippen molar-refractivity contribution in [3.63, 3.8) is 0 Å². The summed E-state index contributed by atoms with van der Waals surface area (Å²) in [6.07, 6.45) is 4.64. The molecule has 0 aliphatic rings. The van der Waals surface area contributed by atoms with Crippen molar-refractivity contribution < 1.29 is 9.53 Å². The Morgan fingerprint density at radius 3 is 2.65 bits per heavy atom. The average Bonchev–Trinajstić information content (AvgIpc) is 2.57. The molecule has 3 rings (SSSR count). The summed E-state index contributed by atoms with van der Waals surface area (Å²) in [5, 5.41) is 2.83. The van der Waals surface area contributed by atoms with Crippen LogP contribution in [0.2, 0.25) is 0 Å². The van der Waals surface area contributed by atoms with Crippen LogP contribution in [-0.2, 0) is 0 Å². The smallest absolute Gasteiger partial charge is 0.255 e. The Morgan fingerprint density at radius 2 is 1.91 bits per heavy atom. The van der Waals surface area contributed by atoms with Gasteiger partial charge in [0.25, 0.3) is 5.91 Å². The van der Waals surface area contributed by atoms with E-state index >= 15 is 0 Å². The third-order valence-electron chi connectivity index (χ3n) is 2.96. The first-order valence-corrected chi connectivity index (χ1v) is 7.61. The lowest BCUT2D eigenvalue weighted by molar-refractivity contribution is 0.102. The predicted molar refractivity (Wildman–Crippen MR) is 90.6 cm³/mol. The van der Waals surface area contributed by atoms with Crippen molar-refractivity contribution in [3.05, 3.63) is 77.2 Å². The van der Waals surface area contributed by atoms with Gasteiger partial charge in [-0.2, -0.15) is 0 Å². The Labute approximate surface area is 141 Å². The van der Waals surface area contributed by atoms with Gasteiger partial charge >= 0.3 is 0 Å². The van der Waals surface area contributed by atoms with E-state index in [1.165, 1.54) is 6.20 Å². The van der Waals surface area contributed by atoms with E-state index in [0.717, 1.165) is 4.47 Å². The zero-order valence-electron chi connectivity index (χ0n) is 11.9. The summed E-state index contributed by atoms with van der Waals surface area (Å²) in [6.45, 7) is 0. The molecule has 0 saturated carbocycles. The van der Waals surface area contributed by atoms with Crippen LogP contribution in [0.3, 0.4) is 0 Å². The fourth-order valence-electron chi connectivity index (χ4n) is 1.90. The molecule has 6 heteroatoms. The molecule has 1 N–H and O–H groups in total. The van der Waals surface area contributed by atoms with Crippen LogP contribution in [0, 0.1) is 0 Å². The standard InChI is InChI=1S/C17H12BrN3O2/c18-13-6-4-12(5-7-13)17(22)21-14-2-1-3-15(10-14)23-16-11-19-8-9-20-16/h1-11H,(H,21,22). The fraction of sp³-hybridized carbons (Fsp3) is 0. The minimum absolute atomic E-state index is 0.186. The van der Waals surface area contributed by atoms with Crippen LogP contribution < -0.4 is 10.1 Å². The Hall–Kier alpha value is -2.73. The van der Waals surface area contributed by atoms with Gasteiger partial charge in [0.1, 0.15) is 5.75 Å². The summed E-state index contributed by atoms with van der Waals surface area (Å²) in [6, 6.07) is 14.2. The summed E-state index contributed by atoms with van der Waals surface area (Å²) in [5.41, 5.74) is 1.22. The lowest BCUT2D eigenvalue weighted by Crippen LogP contribution is -2.11. The van der Waals surface area contributed by atoms with Crippen molar-refractivity contribution in [1.82, 2.24) is 9.97 Å². The van der Waals surface area contributed by atoms with Crippen LogP contribution in [0.25, 0.3) is 0 Å². The number of anilines is 1. The van der Waals surface area contributed by atoms with Gasteiger partial charge in [-0.1, -0.05) is 22.0 Å².